The maximum Gasteiger partial charge on any atom is 0.237 e. The van der Waals surface area contributed by atoms with Crippen molar-refractivity contribution in [3.63, 3.8) is 0 Å². The van der Waals surface area contributed by atoms with Crippen molar-refractivity contribution >= 4 is 35.0 Å². The number of fused-ring (bicyclic) bond motifs is 1. The Morgan fingerprint density at radius 1 is 1.22 bits per heavy atom. The Morgan fingerprint density at radius 2 is 1.91 bits per heavy atom. The van der Waals surface area contributed by atoms with Crippen molar-refractivity contribution in [1.29, 1.82) is 0 Å². The van der Waals surface area contributed by atoms with Gasteiger partial charge in [0.2, 0.25) is 12.7 Å². The van der Waals surface area contributed by atoms with Crippen molar-refractivity contribution in [3.05, 3.63) is 24.3 Å². The third-order valence-electron chi connectivity index (χ3n) is 3.04. The first-order valence-corrected chi connectivity index (χ1v) is 7.66. The van der Waals surface area contributed by atoms with Crippen LogP contribution in [0.3, 0.4) is 0 Å². The first-order valence-electron chi connectivity index (χ1n) is 6.78. The largest absolute Gasteiger partial charge is 0.454 e. The molecule has 0 saturated carbocycles. The Kier molecular flexibility index (Phi) is 4.11. The minimum atomic E-state index is -0.429. The first-order chi connectivity index (χ1) is 11.0. The summed E-state index contributed by atoms with van der Waals surface area (Å²) in [5, 5.41) is 2.74. The highest BCUT2D eigenvalue weighted by Gasteiger charge is 2.19. The number of benzene rings is 1. The molecule has 0 spiro atoms. The summed E-state index contributed by atoms with van der Waals surface area (Å²) >= 11 is 1.17. The summed E-state index contributed by atoms with van der Waals surface area (Å²) < 4.78 is 10.5. The molecule has 8 nitrogen and oxygen atoms in total. The number of rotatable bonds is 4. The van der Waals surface area contributed by atoms with Crippen LogP contribution in [0.1, 0.15) is 6.92 Å². The lowest BCUT2D eigenvalue weighted by Gasteiger charge is -2.12. The second-order valence-corrected chi connectivity index (χ2v) is 6.13. The molecule has 0 saturated heterocycles. The molecule has 5 N–H and O–H groups in total. The van der Waals surface area contributed by atoms with Crippen molar-refractivity contribution in [2.75, 3.05) is 23.6 Å². The number of carbonyl (C=O) groups is 1. The third-order valence-corrected chi connectivity index (χ3v) is 4.00. The molecule has 1 aliphatic rings. The van der Waals surface area contributed by atoms with Crippen LogP contribution in [0, 0.1) is 0 Å². The molecule has 1 atom stereocenters. The monoisotopic (exact) mass is 333 g/mol. The molecule has 0 fully saturated rings. The van der Waals surface area contributed by atoms with E-state index >= 15 is 0 Å². The van der Waals surface area contributed by atoms with Crippen molar-refractivity contribution in [3.8, 4) is 11.5 Å². The van der Waals surface area contributed by atoms with Crippen molar-refractivity contribution in [1.82, 2.24) is 9.97 Å². The summed E-state index contributed by atoms with van der Waals surface area (Å²) in [6.07, 6.45) is 0. The highest BCUT2D eigenvalue weighted by atomic mass is 32.2. The Labute approximate surface area is 136 Å². The van der Waals surface area contributed by atoms with Gasteiger partial charge < -0.3 is 26.3 Å². The second-order valence-electron chi connectivity index (χ2n) is 4.82. The van der Waals surface area contributed by atoms with E-state index in [1.54, 1.807) is 25.1 Å². The van der Waals surface area contributed by atoms with Gasteiger partial charge in [-0.3, -0.25) is 4.79 Å². The smallest absolute Gasteiger partial charge is 0.237 e. The lowest BCUT2D eigenvalue weighted by atomic mass is 10.2. The number of hydrogen-bond donors (Lipinski definition) is 3. The van der Waals surface area contributed by atoms with Gasteiger partial charge in [0.15, 0.2) is 16.7 Å². The topological polar surface area (TPSA) is 125 Å². The van der Waals surface area contributed by atoms with E-state index in [0.29, 0.717) is 22.3 Å². The van der Waals surface area contributed by atoms with Gasteiger partial charge in [-0.15, -0.1) is 0 Å². The predicted molar refractivity (Wildman–Crippen MR) is 87.4 cm³/mol. The number of anilines is 3. The molecular weight excluding hydrogens is 318 g/mol. The van der Waals surface area contributed by atoms with Crippen LogP contribution in [-0.2, 0) is 4.79 Å². The average Bonchev–Trinajstić information content (AvgIpc) is 2.93. The number of ether oxygens (including phenoxy) is 2. The zero-order valence-corrected chi connectivity index (χ0v) is 13.1. The van der Waals surface area contributed by atoms with Crippen LogP contribution in [0.4, 0.5) is 17.3 Å². The highest BCUT2D eigenvalue weighted by Crippen LogP contribution is 2.34. The Balaban J connectivity index is 1.65. The average molecular weight is 333 g/mol. The number of nitrogens with two attached hydrogens (primary N) is 2. The fourth-order valence-electron chi connectivity index (χ4n) is 1.94. The Bertz CT molecular complexity index is 735. The van der Waals surface area contributed by atoms with Gasteiger partial charge >= 0.3 is 0 Å². The number of hydrogen-bond acceptors (Lipinski definition) is 8. The molecule has 2 heterocycles. The van der Waals surface area contributed by atoms with Crippen LogP contribution in [0.15, 0.2) is 29.4 Å². The van der Waals surface area contributed by atoms with Crippen molar-refractivity contribution in [2.45, 2.75) is 17.3 Å². The zero-order chi connectivity index (χ0) is 16.4. The van der Waals surface area contributed by atoms with Crippen molar-refractivity contribution < 1.29 is 14.3 Å². The van der Waals surface area contributed by atoms with Crippen LogP contribution in [0.5, 0.6) is 11.5 Å². The van der Waals surface area contributed by atoms with Crippen LogP contribution in [-0.4, -0.2) is 27.9 Å². The SMILES string of the molecule is C[C@H](Sc1nc(N)cc(N)n1)C(=O)Nc1ccc2c(c1)OCO2. The molecular formula is C14H15N5O3S. The van der Waals surface area contributed by atoms with Gasteiger partial charge in [-0.2, -0.15) is 0 Å². The van der Waals surface area contributed by atoms with E-state index in [0.717, 1.165) is 0 Å². The van der Waals surface area contributed by atoms with Crippen molar-refractivity contribution in [2.24, 2.45) is 0 Å². The minimum Gasteiger partial charge on any atom is -0.454 e. The van der Waals surface area contributed by atoms with Crippen LogP contribution in [0.2, 0.25) is 0 Å². The van der Waals surface area contributed by atoms with Crippen LogP contribution in [0.25, 0.3) is 0 Å². The molecule has 2 aromatic rings. The number of aromatic nitrogens is 2. The molecule has 1 aliphatic heterocycles. The van der Waals surface area contributed by atoms with E-state index in [4.69, 9.17) is 20.9 Å². The lowest BCUT2D eigenvalue weighted by Crippen LogP contribution is -2.22. The molecule has 0 bridgehead atoms. The van der Waals surface area contributed by atoms with E-state index in [-0.39, 0.29) is 24.3 Å². The summed E-state index contributed by atoms with van der Waals surface area (Å²) in [4.78, 5) is 20.4. The van der Waals surface area contributed by atoms with Crippen LogP contribution < -0.4 is 26.3 Å². The molecule has 3 rings (SSSR count). The molecule has 9 heteroatoms. The van der Waals surface area contributed by atoms with E-state index in [2.05, 4.69) is 15.3 Å². The summed E-state index contributed by atoms with van der Waals surface area (Å²) in [5.74, 6) is 1.61. The molecule has 0 radical (unpaired) electrons. The Morgan fingerprint density at radius 3 is 2.65 bits per heavy atom. The highest BCUT2D eigenvalue weighted by molar-refractivity contribution is 8.00. The maximum absolute atomic E-state index is 12.3. The van der Waals surface area contributed by atoms with Gasteiger partial charge in [0.1, 0.15) is 11.6 Å². The van der Waals surface area contributed by atoms with Crippen LogP contribution >= 0.6 is 11.8 Å². The zero-order valence-electron chi connectivity index (χ0n) is 12.3. The van der Waals surface area contributed by atoms with Gasteiger partial charge in [0.05, 0.1) is 5.25 Å². The number of thioether (sulfide) groups is 1. The van der Waals surface area contributed by atoms with E-state index in [1.165, 1.54) is 17.8 Å². The molecule has 0 unspecified atom stereocenters. The summed E-state index contributed by atoms with van der Waals surface area (Å²) in [6, 6.07) is 6.67. The molecule has 23 heavy (non-hydrogen) atoms. The fraction of sp³-hybridized carbons (Fsp3) is 0.214. The predicted octanol–water partition coefficient (Wildman–Crippen LogP) is 1.49. The maximum atomic E-state index is 12.3. The van der Waals surface area contributed by atoms with Gasteiger partial charge in [-0.1, -0.05) is 11.8 Å². The first kappa shape index (κ1) is 15.2. The minimum absolute atomic E-state index is 0.188. The number of amides is 1. The normalized spacial score (nSPS) is 13.6. The number of nitrogens with zero attached hydrogens (tertiary/aromatic N) is 2. The van der Waals surface area contributed by atoms with Gasteiger partial charge in [0.25, 0.3) is 0 Å². The number of nitrogen functional groups attached to an aromatic ring is 2. The third kappa shape index (κ3) is 3.57. The quantitative estimate of drug-likeness (QED) is 0.567. The van der Waals surface area contributed by atoms with E-state index < -0.39 is 5.25 Å². The van der Waals surface area contributed by atoms with E-state index in [9.17, 15) is 4.79 Å². The standard InChI is InChI=1S/C14H15N5O3S/c1-7(23-14-18-11(15)5-12(16)19-14)13(20)17-8-2-3-9-10(4-8)22-6-21-9/h2-5,7H,6H2,1H3,(H,17,20)(H4,15,16,18,19)/t7-/m0/s1. The van der Waals surface area contributed by atoms with Gasteiger partial charge in [-0.05, 0) is 19.1 Å². The lowest BCUT2D eigenvalue weighted by molar-refractivity contribution is -0.115. The van der Waals surface area contributed by atoms with Gasteiger partial charge in [0, 0.05) is 17.8 Å². The number of nitrogens with one attached hydrogen (secondary N) is 1. The molecule has 1 aromatic heterocycles. The molecule has 1 aromatic carbocycles. The molecule has 120 valence electrons. The summed E-state index contributed by atoms with van der Waals surface area (Å²) in [7, 11) is 0. The Hall–Kier alpha value is -2.68. The second kappa shape index (κ2) is 6.21. The summed E-state index contributed by atoms with van der Waals surface area (Å²) in [5.41, 5.74) is 11.9. The number of carbonyl (C=O) groups excluding carboxylic acids is 1. The molecule has 0 aliphatic carbocycles. The molecule has 1 amide bonds. The van der Waals surface area contributed by atoms with E-state index in [1.807, 2.05) is 0 Å². The van der Waals surface area contributed by atoms with Gasteiger partial charge in [-0.25, -0.2) is 9.97 Å². The fourth-order valence-corrected chi connectivity index (χ4v) is 2.74. The summed E-state index contributed by atoms with van der Waals surface area (Å²) in [6.45, 7) is 1.93.